The molecule has 128 valence electrons. The third kappa shape index (κ3) is 4.21. The van der Waals surface area contributed by atoms with Gasteiger partial charge in [0.2, 0.25) is 15.9 Å². The lowest BCUT2D eigenvalue weighted by Gasteiger charge is -2.24. The van der Waals surface area contributed by atoms with Gasteiger partial charge in [0, 0.05) is 25.7 Å². The highest BCUT2D eigenvalue weighted by Gasteiger charge is 2.17. The summed E-state index contributed by atoms with van der Waals surface area (Å²) >= 11 is 0. The van der Waals surface area contributed by atoms with Gasteiger partial charge in [-0.05, 0) is 43.2 Å². The minimum atomic E-state index is -3.57. The Balaban J connectivity index is 2.11. The number of benzene rings is 2. The van der Waals surface area contributed by atoms with Crippen LogP contribution in [0.5, 0.6) is 0 Å². The van der Waals surface area contributed by atoms with Gasteiger partial charge in [-0.3, -0.25) is 4.79 Å². The van der Waals surface area contributed by atoms with Gasteiger partial charge in [0.15, 0.2) is 0 Å². The summed E-state index contributed by atoms with van der Waals surface area (Å²) in [6, 6.07) is 13.9. The normalized spacial score (nSPS) is 11.3. The van der Waals surface area contributed by atoms with Gasteiger partial charge in [-0.1, -0.05) is 30.3 Å². The third-order valence-electron chi connectivity index (χ3n) is 3.93. The van der Waals surface area contributed by atoms with Crippen molar-refractivity contribution in [2.75, 3.05) is 18.0 Å². The van der Waals surface area contributed by atoms with Crippen LogP contribution in [0.3, 0.4) is 0 Å². The molecule has 2 aromatic rings. The van der Waals surface area contributed by atoms with Gasteiger partial charge < -0.3 is 4.90 Å². The topological polar surface area (TPSA) is 66.5 Å². The number of hydrogen-bond donors (Lipinski definition) is 1. The lowest BCUT2D eigenvalue weighted by molar-refractivity contribution is -0.116. The van der Waals surface area contributed by atoms with E-state index in [2.05, 4.69) is 4.72 Å². The molecule has 0 unspecified atom stereocenters. The monoisotopic (exact) mass is 346 g/mol. The van der Waals surface area contributed by atoms with E-state index in [1.807, 2.05) is 32.0 Å². The van der Waals surface area contributed by atoms with Crippen molar-refractivity contribution in [3.63, 3.8) is 0 Å². The Kier molecular flexibility index (Phi) is 5.75. The zero-order chi connectivity index (χ0) is 17.7. The highest BCUT2D eigenvalue weighted by molar-refractivity contribution is 7.89. The number of sulfonamides is 1. The van der Waals surface area contributed by atoms with Crippen LogP contribution in [0.25, 0.3) is 0 Å². The van der Waals surface area contributed by atoms with Crippen LogP contribution in [0, 0.1) is 13.8 Å². The fraction of sp³-hybridized carbons (Fsp3) is 0.278. The molecule has 0 aliphatic heterocycles. The fourth-order valence-corrected chi connectivity index (χ4v) is 3.49. The first kappa shape index (κ1) is 18.2. The maximum absolute atomic E-state index is 12.2. The van der Waals surface area contributed by atoms with E-state index in [-0.39, 0.29) is 23.9 Å². The molecule has 0 bridgehead atoms. The Bertz CT molecular complexity index is 817. The Morgan fingerprint density at radius 1 is 1.04 bits per heavy atom. The third-order valence-corrected chi connectivity index (χ3v) is 5.40. The second-order valence-corrected chi connectivity index (χ2v) is 7.37. The molecule has 0 aromatic heterocycles. The van der Waals surface area contributed by atoms with Gasteiger partial charge in [-0.15, -0.1) is 0 Å². The first-order valence-electron chi connectivity index (χ1n) is 7.72. The molecule has 0 saturated heterocycles. The molecule has 0 aliphatic rings. The van der Waals surface area contributed by atoms with Gasteiger partial charge in [-0.25, -0.2) is 13.1 Å². The van der Waals surface area contributed by atoms with E-state index in [1.54, 1.807) is 23.1 Å². The van der Waals surface area contributed by atoms with E-state index in [9.17, 15) is 13.2 Å². The van der Waals surface area contributed by atoms with Crippen molar-refractivity contribution in [3.8, 4) is 0 Å². The van der Waals surface area contributed by atoms with Gasteiger partial charge in [0.1, 0.15) is 0 Å². The molecular weight excluding hydrogens is 324 g/mol. The summed E-state index contributed by atoms with van der Waals surface area (Å²) < 4.78 is 27.0. The van der Waals surface area contributed by atoms with E-state index in [0.717, 1.165) is 16.8 Å². The molecule has 2 rings (SSSR count). The summed E-state index contributed by atoms with van der Waals surface area (Å²) in [6.07, 6.45) is 0. The second kappa shape index (κ2) is 7.59. The van der Waals surface area contributed by atoms with Crippen LogP contribution in [0.2, 0.25) is 0 Å². The average molecular weight is 346 g/mol. The number of carbonyl (C=O) groups excluding carboxylic acids is 1. The molecular formula is C18H22N2O3S. The minimum Gasteiger partial charge on any atom is -0.311 e. The number of nitrogens with one attached hydrogen (secondary N) is 1. The van der Waals surface area contributed by atoms with Crippen molar-refractivity contribution in [1.29, 1.82) is 0 Å². The van der Waals surface area contributed by atoms with Crippen LogP contribution in [0.1, 0.15) is 18.1 Å². The second-order valence-electron chi connectivity index (χ2n) is 5.60. The predicted molar refractivity (Wildman–Crippen MR) is 95.6 cm³/mol. The van der Waals surface area contributed by atoms with Crippen molar-refractivity contribution < 1.29 is 13.2 Å². The molecule has 0 radical (unpaired) electrons. The summed E-state index contributed by atoms with van der Waals surface area (Å²) in [4.78, 5) is 13.8. The van der Waals surface area contributed by atoms with E-state index in [4.69, 9.17) is 0 Å². The quantitative estimate of drug-likeness (QED) is 0.874. The minimum absolute atomic E-state index is 0.123. The summed E-state index contributed by atoms with van der Waals surface area (Å²) in [5.74, 6) is -0.123. The molecule has 1 N–H and O–H groups in total. The van der Waals surface area contributed by atoms with Crippen molar-refractivity contribution in [1.82, 2.24) is 4.72 Å². The molecule has 0 heterocycles. The van der Waals surface area contributed by atoms with Crippen molar-refractivity contribution in [3.05, 3.63) is 59.7 Å². The van der Waals surface area contributed by atoms with E-state index >= 15 is 0 Å². The Morgan fingerprint density at radius 2 is 1.71 bits per heavy atom. The van der Waals surface area contributed by atoms with E-state index < -0.39 is 10.0 Å². The molecule has 0 aliphatic carbocycles. The number of anilines is 1. The van der Waals surface area contributed by atoms with Crippen molar-refractivity contribution in [2.24, 2.45) is 0 Å². The Hall–Kier alpha value is -2.18. The first-order valence-corrected chi connectivity index (χ1v) is 9.20. The van der Waals surface area contributed by atoms with Crippen LogP contribution in [-0.2, 0) is 14.8 Å². The highest BCUT2D eigenvalue weighted by Crippen LogP contribution is 2.22. The van der Waals surface area contributed by atoms with Crippen LogP contribution < -0.4 is 9.62 Å². The van der Waals surface area contributed by atoms with Crippen molar-refractivity contribution in [2.45, 2.75) is 25.7 Å². The average Bonchev–Trinajstić information content (AvgIpc) is 2.55. The molecule has 0 atom stereocenters. The summed E-state index contributed by atoms with van der Waals surface area (Å²) in [5.41, 5.74) is 2.91. The zero-order valence-corrected chi connectivity index (χ0v) is 14.9. The number of carbonyl (C=O) groups is 1. The van der Waals surface area contributed by atoms with Gasteiger partial charge in [0.25, 0.3) is 0 Å². The molecule has 5 nitrogen and oxygen atoms in total. The number of rotatable bonds is 6. The largest absolute Gasteiger partial charge is 0.311 e. The zero-order valence-electron chi connectivity index (χ0n) is 14.1. The molecule has 2 aromatic carbocycles. The van der Waals surface area contributed by atoms with E-state index in [1.165, 1.54) is 19.1 Å². The molecule has 0 saturated carbocycles. The standard InChI is InChI=1S/C18H22N2O3S/c1-14-8-7-11-18(15(14)2)20(16(3)21)13-12-19-24(22,23)17-9-5-4-6-10-17/h4-11,19H,12-13H2,1-3H3. The highest BCUT2D eigenvalue weighted by atomic mass is 32.2. The predicted octanol–water partition coefficient (Wildman–Crippen LogP) is 2.63. The lowest BCUT2D eigenvalue weighted by atomic mass is 10.1. The summed E-state index contributed by atoms with van der Waals surface area (Å²) in [6.45, 7) is 5.83. The summed E-state index contributed by atoms with van der Waals surface area (Å²) in [7, 11) is -3.57. The van der Waals surface area contributed by atoms with Crippen LogP contribution in [0.4, 0.5) is 5.69 Å². The molecule has 0 fully saturated rings. The van der Waals surface area contributed by atoms with Crippen LogP contribution >= 0.6 is 0 Å². The number of amides is 1. The first-order chi connectivity index (χ1) is 11.3. The van der Waals surface area contributed by atoms with Crippen LogP contribution in [0.15, 0.2) is 53.4 Å². The van der Waals surface area contributed by atoms with Gasteiger partial charge in [-0.2, -0.15) is 0 Å². The fourth-order valence-electron chi connectivity index (χ4n) is 2.45. The molecule has 0 spiro atoms. The smallest absolute Gasteiger partial charge is 0.240 e. The van der Waals surface area contributed by atoms with E-state index in [0.29, 0.717) is 0 Å². The van der Waals surface area contributed by atoms with Crippen molar-refractivity contribution >= 4 is 21.6 Å². The Labute approximate surface area is 143 Å². The summed E-state index contributed by atoms with van der Waals surface area (Å²) in [5, 5.41) is 0. The molecule has 1 amide bonds. The van der Waals surface area contributed by atoms with Gasteiger partial charge in [0.05, 0.1) is 4.90 Å². The molecule has 24 heavy (non-hydrogen) atoms. The number of aryl methyl sites for hydroxylation is 1. The lowest BCUT2D eigenvalue weighted by Crippen LogP contribution is -2.38. The maximum atomic E-state index is 12.2. The SMILES string of the molecule is CC(=O)N(CCNS(=O)(=O)c1ccccc1)c1cccc(C)c1C. The number of nitrogens with zero attached hydrogens (tertiary/aromatic N) is 1. The van der Waals surface area contributed by atoms with Crippen LogP contribution in [-0.4, -0.2) is 27.4 Å². The maximum Gasteiger partial charge on any atom is 0.240 e. The van der Waals surface area contributed by atoms with Gasteiger partial charge >= 0.3 is 0 Å². The number of hydrogen-bond acceptors (Lipinski definition) is 3. The molecule has 6 heteroatoms. The Morgan fingerprint density at radius 3 is 2.33 bits per heavy atom.